The Kier molecular flexibility index (Phi) is 4.93. The Hall–Kier alpha value is -1.79. The molecule has 0 heterocycles. The van der Waals surface area contributed by atoms with E-state index in [9.17, 15) is 13.2 Å². The van der Waals surface area contributed by atoms with Crippen LogP contribution in [0.1, 0.15) is 10.4 Å². The first-order chi connectivity index (χ1) is 11.8. The number of nitrogens with one attached hydrogen (secondary N) is 1. The number of rotatable bonds is 3. The number of hydrogen-bond donors (Lipinski definition) is 1. The average molecular weight is 415 g/mol. The van der Waals surface area contributed by atoms with Gasteiger partial charge in [0.2, 0.25) is 0 Å². The van der Waals surface area contributed by atoms with Crippen LogP contribution < -0.4 is 5.32 Å². The van der Waals surface area contributed by atoms with Crippen LogP contribution in [0.2, 0.25) is 10.0 Å². The van der Waals surface area contributed by atoms with Crippen molar-refractivity contribution in [3.8, 4) is 0 Å². The van der Waals surface area contributed by atoms with Crippen LogP contribution in [0.15, 0.2) is 59.5 Å². The molecule has 0 unspecified atom stereocenters. The van der Waals surface area contributed by atoms with Crippen LogP contribution in [0.3, 0.4) is 0 Å². The van der Waals surface area contributed by atoms with Gasteiger partial charge >= 0.3 is 0 Å². The van der Waals surface area contributed by atoms with Crippen LogP contribution >= 0.6 is 33.9 Å². The number of fused-ring (bicyclic) bond motifs is 1. The molecule has 0 fully saturated rings. The molecule has 0 radical (unpaired) electrons. The van der Waals surface area contributed by atoms with Gasteiger partial charge in [-0.2, -0.15) is 0 Å². The molecule has 0 atom stereocenters. The molecule has 0 aliphatic rings. The van der Waals surface area contributed by atoms with Gasteiger partial charge in [-0.1, -0.05) is 47.5 Å². The minimum absolute atomic E-state index is 0.0210. The Morgan fingerprint density at radius 3 is 2.24 bits per heavy atom. The van der Waals surface area contributed by atoms with Crippen LogP contribution in [0.25, 0.3) is 10.8 Å². The van der Waals surface area contributed by atoms with Crippen LogP contribution in [0, 0.1) is 0 Å². The molecule has 4 nitrogen and oxygen atoms in total. The molecule has 128 valence electrons. The molecule has 3 aromatic carbocycles. The molecule has 0 bridgehead atoms. The van der Waals surface area contributed by atoms with Crippen molar-refractivity contribution in [1.82, 2.24) is 0 Å². The molecule has 0 aliphatic carbocycles. The van der Waals surface area contributed by atoms with E-state index in [1.54, 1.807) is 30.3 Å². The lowest BCUT2D eigenvalue weighted by molar-refractivity contribution is 0.102. The number of carbonyl (C=O) groups is 1. The van der Waals surface area contributed by atoms with E-state index in [1.165, 1.54) is 24.3 Å². The van der Waals surface area contributed by atoms with Crippen molar-refractivity contribution in [3.05, 3.63) is 70.2 Å². The summed E-state index contributed by atoms with van der Waals surface area (Å²) in [6.45, 7) is 0. The summed E-state index contributed by atoms with van der Waals surface area (Å²) in [7, 11) is 1.57. The second kappa shape index (κ2) is 6.84. The molecule has 0 aliphatic heterocycles. The molecule has 3 aromatic rings. The Morgan fingerprint density at radius 2 is 1.60 bits per heavy atom. The summed E-state index contributed by atoms with van der Waals surface area (Å²) in [5.41, 5.74) is 0.694. The third-order valence-corrected chi connectivity index (χ3v) is 5.50. The predicted octanol–water partition coefficient (Wildman–Crippen LogP) is 5.33. The van der Waals surface area contributed by atoms with Crippen LogP contribution in [-0.4, -0.2) is 14.3 Å². The summed E-state index contributed by atoms with van der Waals surface area (Å²) in [5, 5.41) is 4.33. The first kappa shape index (κ1) is 18.0. The fraction of sp³-hybridized carbons (Fsp3) is 0. The Labute approximate surface area is 158 Å². The van der Waals surface area contributed by atoms with E-state index in [4.69, 9.17) is 33.9 Å². The van der Waals surface area contributed by atoms with Crippen molar-refractivity contribution >= 4 is 65.3 Å². The van der Waals surface area contributed by atoms with Gasteiger partial charge < -0.3 is 5.32 Å². The number of carbonyl (C=O) groups excluding carboxylic acids is 1. The standard InChI is InChI=1S/C17H10Cl3NO3S/c18-10-5-6-13(14(19)9-10)17(22)21-15-7-8-16(25(20,23)24)12-4-2-1-3-11(12)15/h1-9H,(H,21,22). The lowest BCUT2D eigenvalue weighted by atomic mass is 10.1. The molecule has 0 aromatic heterocycles. The van der Waals surface area contributed by atoms with Crippen molar-refractivity contribution in [2.45, 2.75) is 4.90 Å². The zero-order valence-electron chi connectivity index (χ0n) is 12.5. The molecule has 3 rings (SSSR count). The normalized spacial score (nSPS) is 11.5. The average Bonchev–Trinajstić information content (AvgIpc) is 2.53. The van der Waals surface area contributed by atoms with Crippen molar-refractivity contribution in [2.24, 2.45) is 0 Å². The van der Waals surface area contributed by atoms with E-state index < -0.39 is 15.0 Å². The number of halogens is 3. The molecular formula is C17H10Cl3NO3S. The Bertz CT molecular complexity index is 1100. The van der Waals surface area contributed by atoms with E-state index in [2.05, 4.69) is 5.32 Å². The Balaban J connectivity index is 2.07. The number of amides is 1. The van der Waals surface area contributed by atoms with E-state index in [1.807, 2.05) is 0 Å². The first-order valence-electron chi connectivity index (χ1n) is 7.00. The molecular weight excluding hydrogens is 405 g/mol. The number of anilines is 1. The summed E-state index contributed by atoms with van der Waals surface area (Å²) in [6, 6.07) is 14.1. The van der Waals surface area contributed by atoms with Crippen molar-refractivity contribution in [2.75, 3.05) is 5.32 Å². The van der Waals surface area contributed by atoms with Gasteiger partial charge in [-0.15, -0.1) is 0 Å². The van der Waals surface area contributed by atoms with Crippen molar-refractivity contribution in [1.29, 1.82) is 0 Å². The van der Waals surface area contributed by atoms with Gasteiger partial charge in [0.05, 0.1) is 15.5 Å². The summed E-state index contributed by atoms with van der Waals surface area (Å²) in [5.74, 6) is -0.437. The monoisotopic (exact) mass is 413 g/mol. The van der Waals surface area contributed by atoms with Gasteiger partial charge in [0.25, 0.3) is 15.0 Å². The zero-order chi connectivity index (χ0) is 18.2. The maximum Gasteiger partial charge on any atom is 0.261 e. The van der Waals surface area contributed by atoms with Crippen LogP contribution in [-0.2, 0) is 9.05 Å². The van der Waals surface area contributed by atoms with E-state index in [0.29, 0.717) is 21.5 Å². The minimum atomic E-state index is -3.91. The molecule has 0 saturated heterocycles. The predicted molar refractivity (Wildman–Crippen MR) is 101 cm³/mol. The van der Waals surface area contributed by atoms with E-state index >= 15 is 0 Å². The van der Waals surface area contributed by atoms with Crippen LogP contribution in [0.5, 0.6) is 0 Å². The van der Waals surface area contributed by atoms with Crippen molar-refractivity contribution < 1.29 is 13.2 Å². The van der Waals surface area contributed by atoms with Gasteiger partial charge in [-0.05, 0) is 30.3 Å². The highest BCUT2D eigenvalue weighted by molar-refractivity contribution is 8.14. The molecule has 1 N–H and O–H groups in total. The lowest BCUT2D eigenvalue weighted by Gasteiger charge is -2.12. The lowest BCUT2D eigenvalue weighted by Crippen LogP contribution is -2.13. The summed E-state index contributed by atoms with van der Waals surface area (Å²) in [4.78, 5) is 12.5. The molecule has 0 saturated carbocycles. The summed E-state index contributed by atoms with van der Waals surface area (Å²) >= 11 is 11.9. The third kappa shape index (κ3) is 3.75. The van der Waals surface area contributed by atoms with Crippen LogP contribution in [0.4, 0.5) is 5.69 Å². The quantitative estimate of drug-likeness (QED) is 0.589. The smallest absolute Gasteiger partial charge is 0.261 e. The largest absolute Gasteiger partial charge is 0.321 e. The second-order valence-corrected chi connectivity index (χ2v) is 8.55. The van der Waals surface area contributed by atoms with Gasteiger partial charge in [0.15, 0.2) is 0 Å². The fourth-order valence-corrected chi connectivity index (χ4v) is 4.03. The summed E-state index contributed by atoms with van der Waals surface area (Å²) in [6.07, 6.45) is 0. The Morgan fingerprint density at radius 1 is 0.920 bits per heavy atom. The highest BCUT2D eigenvalue weighted by atomic mass is 35.7. The number of benzene rings is 3. The first-order valence-corrected chi connectivity index (χ1v) is 10.1. The molecule has 0 spiro atoms. The van der Waals surface area contributed by atoms with Crippen molar-refractivity contribution in [3.63, 3.8) is 0 Å². The topological polar surface area (TPSA) is 63.2 Å². The fourth-order valence-electron chi connectivity index (χ4n) is 2.46. The highest BCUT2D eigenvalue weighted by Crippen LogP contribution is 2.32. The van der Waals surface area contributed by atoms with Gasteiger partial charge in [-0.25, -0.2) is 8.42 Å². The van der Waals surface area contributed by atoms with E-state index in [-0.39, 0.29) is 15.5 Å². The van der Waals surface area contributed by atoms with E-state index in [0.717, 1.165) is 0 Å². The SMILES string of the molecule is O=C(Nc1ccc(S(=O)(=O)Cl)c2ccccc12)c1ccc(Cl)cc1Cl. The summed E-state index contributed by atoms with van der Waals surface area (Å²) < 4.78 is 23.5. The molecule has 8 heteroatoms. The maximum atomic E-state index is 12.5. The van der Waals surface area contributed by atoms with Gasteiger partial charge in [0, 0.05) is 32.2 Å². The molecule has 25 heavy (non-hydrogen) atoms. The van der Waals surface area contributed by atoms with Gasteiger partial charge in [0.1, 0.15) is 0 Å². The maximum absolute atomic E-state index is 12.5. The zero-order valence-corrected chi connectivity index (χ0v) is 15.5. The molecule has 1 amide bonds. The second-order valence-electron chi connectivity index (χ2n) is 5.17. The minimum Gasteiger partial charge on any atom is -0.321 e. The highest BCUT2D eigenvalue weighted by Gasteiger charge is 2.18. The number of hydrogen-bond acceptors (Lipinski definition) is 3. The third-order valence-electron chi connectivity index (χ3n) is 3.57. The van der Waals surface area contributed by atoms with Gasteiger partial charge in [-0.3, -0.25) is 4.79 Å².